The maximum Gasteiger partial charge on any atom is 0.156 e. The van der Waals surface area contributed by atoms with E-state index in [9.17, 15) is 0 Å². The summed E-state index contributed by atoms with van der Waals surface area (Å²) in [5.41, 5.74) is 1.11. The number of para-hydroxylation sites is 1. The van der Waals surface area contributed by atoms with Gasteiger partial charge in [-0.15, -0.1) is 0 Å². The van der Waals surface area contributed by atoms with E-state index < -0.39 is 0 Å². The average molecular weight is 435 g/mol. The van der Waals surface area contributed by atoms with Gasteiger partial charge in [-0.25, -0.2) is 0 Å². The Hall–Kier alpha value is -1.26. The van der Waals surface area contributed by atoms with Gasteiger partial charge in [0.25, 0.3) is 0 Å². The van der Waals surface area contributed by atoms with Crippen molar-refractivity contribution in [1.82, 2.24) is 0 Å². The maximum absolute atomic E-state index is 6.23. The van der Waals surface area contributed by atoms with Crippen molar-refractivity contribution in [2.45, 2.75) is 12.8 Å². The second kappa shape index (κ2) is 11.5. The van der Waals surface area contributed by atoms with E-state index in [1.54, 1.807) is 12.1 Å². The summed E-state index contributed by atoms with van der Waals surface area (Å²) >= 11 is 23.5. The van der Waals surface area contributed by atoms with Gasteiger partial charge in [0.1, 0.15) is 16.8 Å². The first kappa shape index (κ1) is 21.0. The van der Waals surface area contributed by atoms with Gasteiger partial charge in [0.2, 0.25) is 0 Å². The Labute approximate surface area is 173 Å². The molecule has 0 aliphatic rings. The van der Waals surface area contributed by atoms with E-state index in [1.807, 2.05) is 30.3 Å². The molecule has 2 rings (SSSR count). The summed E-state index contributed by atoms with van der Waals surface area (Å²) < 4.78 is 11.3. The number of anilines is 1. The summed E-state index contributed by atoms with van der Waals surface area (Å²) in [7, 11) is 0. The van der Waals surface area contributed by atoms with Crippen LogP contribution in [0.3, 0.4) is 0 Å². The van der Waals surface area contributed by atoms with E-state index in [2.05, 4.69) is 5.32 Å². The molecule has 0 heterocycles. The molecule has 0 radical (unpaired) electrons. The Morgan fingerprint density at radius 1 is 0.962 bits per heavy atom. The first-order chi connectivity index (χ1) is 12.6. The highest BCUT2D eigenvalue weighted by atomic mass is 35.5. The molecule has 1 N–H and O–H groups in total. The summed E-state index contributed by atoms with van der Waals surface area (Å²) in [5, 5.41) is 4.15. The molecule has 0 saturated heterocycles. The molecule has 3 nitrogen and oxygen atoms in total. The molecule has 0 amide bonds. The van der Waals surface area contributed by atoms with Crippen LogP contribution in [0, 0.1) is 0 Å². The highest BCUT2D eigenvalue weighted by molar-refractivity contribution is 6.55. The third-order valence-electron chi connectivity index (χ3n) is 3.38. The van der Waals surface area contributed by atoms with Crippen molar-refractivity contribution < 1.29 is 9.47 Å². The standard InChI is InChI=1S/C19H19Cl4NO2/c20-16-12-15(25-11-8-18(22)23)13-17(21)19(16)26-10-5-4-9-24-14-6-2-1-3-7-14/h1-3,6-8,12-13,24H,4-5,9-11H2. The Balaban J connectivity index is 1.74. The van der Waals surface area contributed by atoms with Crippen molar-refractivity contribution in [2.75, 3.05) is 25.1 Å². The van der Waals surface area contributed by atoms with Crippen molar-refractivity contribution in [3.05, 3.63) is 63.1 Å². The van der Waals surface area contributed by atoms with Gasteiger partial charge in [0.15, 0.2) is 5.75 Å². The van der Waals surface area contributed by atoms with E-state index in [0.29, 0.717) is 28.2 Å². The van der Waals surface area contributed by atoms with Crippen molar-refractivity contribution >= 4 is 52.1 Å². The van der Waals surface area contributed by atoms with Gasteiger partial charge in [-0.05, 0) is 31.1 Å². The molecule has 0 fully saturated rings. The molecule has 2 aromatic rings. The van der Waals surface area contributed by atoms with Gasteiger partial charge in [-0.2, -0.15) is 0 Å². The summed E-state index contributed by atoms with van der Waals surface area (Å²) in [6.45, 7) is 1.63. The molecule has 0 unspecified atom stereocenters. The Morgan fingerprint density at radius 2 is 1.65 bits per heavy atom. The number of halogens is 4. The molecule has 7 heteroatoms. The SMILES string of the molecule is ClC(Cl)=CCOc1cc(Cl)c(OCCCCNc2ccccc2)c(Cl)c1. The summed E-state index contributed by atoms with van der Waals surface area (Å²) in [6.07, 6.45) is 3.37. The van der Waals surface area contributed by atoms with E-state index in [-0.39, 0.29) is 11.1 Å². The minimum Gasteiger partial charge on any atom is -0.490 e. The van der Waals surface area contributed by atoms with Gasteiger partial charge in [-0.1, -0.05) is 64.6 Å². The zero-order valence-corrected chi connectivity index (χ0v) is 17.0. The van der Waals surface area contributed by atoms with Crippen LogP contribution in [0.5, 0.6) is 11.5 Å². The molecular weight excluding hydrogens is 416 g/mol. The van der Waals surface area contributed by atoms with Crippen molar-refractivity contribution in [1.29, 1.82) is 0 Å². The molecule has 0 spiro atoms. The highest BCUT2D eigenvalue weighted by Crippen LogP contribution is 2.37. The number of rotatable bonds is 10. The molecule has 140 valence electrons. The van der Waals surface area contributed by atoms with Gasteiger partial charge in [0, 0.05) is 24.4 Å². The van der Waals surface area contributed by atoms with Crippen LogP contribution in [-0.4, -0.2) is 19.8 Å². The van der Waals surface area contributed by atoms with Crippen LogP contribution >= 0.6 is 46.4 Å². The number of unbranched alkanes of at least 4 members (excludes halogenated alkanes) is 1. The summed E-state index contributed by atoms with van der Waals surface area (Å²) in [6, 6.07) is 13.4. The van der Waals surface area contributed by atoms with Gasteiger partial charge >= 0.3 is 0 Å². The van der Waals surface area contributed by atoms with Gasteiger partial charge < -0.3 is 14.8 Å². The van der Waals surface area contributed by atoms with E-state index in [4.69, 9.17) is 55.9 Å². The fourth-order valence-corrected chi connectivity index (χ4v) is 2.85. The lowest BCUT2D eigenvalue weighted by molar-refractivity contribution is 0.307. The number of ether oxygens (including phenoxy) is 2. The van der Waals surface area contributed by atoms with Gasteiger partial charge in [-0.3, -0.25) is 0 Å². The topological polar surface area (TPSA) is 30.5 Å². The minimum absolute atomic E-state index is 0.143. The molecule has 0 bridgehead atoms. The molecule has 0 aliphatic carbocycles. The lowest BCUT2D eigenvalue weighted by Crippen LogP contribution is -2.05. The largest absolute Gasteiger partial charge is 0.490 e. The third-order valence-corrected chi connectivity index (χ3v) is 4.25. The lowest BCUT2D eigenvalue weighted by Gasteiger charge is -2.12. The molecular formula is C19H19Cl4NO2. The molecule has 26 heavy (non-hydrogen) atoms. The number of hydrogen-bond donors (Lipinski definition) is 1. The molecule has 0 atom stereocenters. The summed E-state index contributed by atoms with van der Waals surface area (Å²) in [4.78, 5) is 0. The monoisotopic (exact) mass is 433 g/mol. The normalized spacial score (nSPS) is 10.3. The zero-order valence-electron chi connectivity index (χ0n) is 14.0. The van der Waals surface area contributed by atoms with Crippen LogP contribution in [0.4, 0.5) is 5.69 Å². The first-order valence-electron chi connectivity index (χ1n) is 8.11. The minimum atomic E-state index is 0.143. The predicted octanol–water partition coefficient (Wildman–Crippen LogP) is 6.96. The van der Waals surface area contributed by atoms with E-state index in [1.165, 1.54) is 6.08 Å². The number of benzene rings is 2. The fourth-order valence-electron chi connectivity index (χ4n) is 2.15. The third kappa shape index (κ3) is 7.55. The van der Waals surface area contributed by atoms with Crippen molar-refractivity contribution in [3.8, 4) is 11.5 Å². The zero-order chi connectivity index (χ0) is 18.8. The smallest absolute Gasteiger partial charge is 0.156 e. The van der Waals surface area contributed by atoms with Gasteiger partial charge in [0.05, 0.1) is 16.7 Å². The van der Waals surface area contributed by atoms with Crippen LogP contribution in [0.25, 0.3) is 0 Å². The Kier molecular flexibility index (Phi) is 9.27. The van der Waals surface area contributed by atoms with E-state index in [0.717, 1.165) is 25.1 Å². The molecule has 2 aromatic carbocycles. The molecule has 0 saturated carbocycles. The quantitative estimate of drug-likeness (QED) is 0.409. The fraction of sp³-hybridized carbons (Fsp3) is 0.263. The first-order valence-corrected chi connectivity index (χ1v) is 9.62. The predicted molar refractivity (Wildman–Crippen MR) is 111 cm³/mol. The second-order valence-corrected chi connectivity index (χ2v) is 7.19. The molecule has 0 aliphatic heterocycles. The van der Waals surface area contributed by atoms with Crippen LogP contribution < -0.4 is 14.8 Å². The van der Waals surface area contributed by atoms with Crippen molar-refractivity contribution in [3.63, 3.8) is 0 Å². The summed E-state index contributed by atoms with van der Waals surface area (Å²) in [5.74, 6) is 0.980. The maximum atomic E-state index is 6.23. The second-order valence-electron chi connectivity index (χ2n) is 5.37. The van der Waals surface area contributed by atoms with Crippen LogP contribution in [0.1, 0.15) is 12.8 Å². The van der Waals surface area contributed by atoms with E-state index >= 15 is 0 Å². The number of nitrogens with one attached hydrogen (secondary N) is 1. The molecule has 0 aromatic heterocycles. The van der Waals surface area contributed by atoms with Crippen LogP contribution in [-0.2, 0) is 0 Å². The average Bonchev–Trinajstić information content (AvgIpc) is 2.60. The Bertz CT molecular complexity index is 696. The van der Waals surface area contributed by atoms with Crippen LogP contribution in [0.15, 0.2) is 53.0 Å². The number of hydrogen-bond acceptors (Lipinski definition) is 3. The lowest BCUT2D eigenvalue weighted by atomic mass is 10.3. The van der Waals surface area contributed by atoms with Crippen LogP contribution in [0.2, 0.25) is 10.0 Å². The Morgan fingerprint density at radius 3 is 2.31 bits per heavy atom. The highest BCUT2D eigenvalue weighted by Gasteiger charge is 2.10. The van der Waals surface area contributed by atoms with Crippen molar-refractivity contribution in [2.24, 2.45) is 0 Å².